The van der Waals surface area contributed by atoms with Gasteiger partial charge in [-0.05, 0) is 27.7 Å². The van der Waals surface area contributed by atoms with Gasteiger partial charge in [0.05, 0.1) is 11.2 Å². The Bertz CT molecular complexity index is 709. The van der Waals surface area contributed by atoms with E-state index in [4.69, 9.17) is 5.73 Å². The first-order chi connectivity index (χ1) is 9.26. The van der Waals surface area contributed by atoms with Crippen molar-refractivity contribution in [2.45, 2.75) is 39.0 Å². The molecule has 20 heavy (non-hydrogen) atoms. The van der Waals surface area contributed by atoms with E-state index in [1.165, 1.54) is 23.1 Å². The average Bonchev–Trinajstić information content (AvgIpc) is 2.66. The molecule has 2 heterocycles. The van der Waals surface area contributed by atoms with Crippen LogP contribution in [0, 0.1) is 6.92 Å². The van der Waals surface area contributed by atoms with E-state index in [0.717, 1.165) is 16.3 Å². The first-order valence-corrected chi connectivity index (χ1v) is 8.08. The zero-order chi connectivity index (χ0) is 14.9. The van der Waals surface area contributed by atoms with Gasteiger partial charge in [-0.25, -0.2) is 4.98 Å². The normalized spacial score (nSPS) is 13.1. The molecule has 2 aromatic heterocycles. The number of nitrogens with two attached hydrogens (primary N) is 1. The van der Waals surface area contributed by atoms with Gasteiger partial charge in [-0.1, -0.05) is 11.8 Å². The fraction of sp³-hybridized carbons (Fsp3) is 0.462. The summed E-state index contributed by atoms with van der Waals surface area (Å²) in [6.07, 6.45) is 0. The lowest BCUT2D eigenvalue weighted by molar-refractivity contribution is 0.585. The molecule has 0 aromatic carbocycles. The molecular weight excluding hydrogens is 292 g/mol. The van der Waals surface area contributed by atoms with Gasteiger partial charge in [0.25, 0.3) is 5.56 Å². The molecule has 0 saturated heterocycles. The van der Waals surface area contributed by atoms with Crippen LogP contribution in [0.4, 0.5) is 0 Å². The summed E-state index contributed by atoms with van der Waals surface area (Å²) in [5.74, 6) is 0.550. The summed E-state index contributed by atoms with van der Waals surface area (Å²) < 4.78 is 1.62. The fourth-order valence-corrected chi connectivity index (χ4v) is 3.36. The number of thiazole rings is 1. The number of thioether (sulfide) groups is 1. The van der Waals surface area contributed by atoms with Gasteiger partial charge in [0.15, 0.2) is 10.1 Å². The predicted molar refractivity (Wildman–Crippen MR) is 86.7 cm³/mol. The van der Waals surface area contributed by atoms with Gasteiger partial charge in [0, 0.05) is 22.9 Å². The lowest BCUT2D eigenvalue weighted by Crippen LogP contribution is -2.18. The third kappa shape index (κ3) is 3.61. The minimum atomic E-state index is -0.196. The highest BCUT2D eigenvalue weighted by molar-refractivity contribution is 8.13. The second-order valence-electron chi connectivity index (χ2n) is 5.49. The van der Waals surface area contributed by atoms with Crippen molar-refractivity contribution in [3.8, 4) is 0 Å². The number of aliphatic imine (C=N–C) groups is 1. The Morgan fingerprint density at radius 3 is 2.90 bits per heavy atom. The van der Waals surface area contributed by atoms with Crippen molar-refractivity contribution >= 4 is 33.2 Å². The van der Waals surface area contributed by atoms with Crippen LogP contribution < -0.4 is 11.3 Å². The molecule has 0 radical (unpaired) electrons. The van der Waals surface area contributed by atoms with E-state index in [1.54, 1.807) is 10.5 Å². The van der Waals surface area contributed by atoms with Crippen LogP contribution in [0.2, 0.25) is 0 Å². The molecule has 0 aliphatic rings. The lowest BCUT2D eigenvalue weighted by Gasteiger charge is -2.13. The molecular formula is C13H18N4OS2. The second kappa shape index (κ2) is 5.57. The third-order valence-electron chi connectivity index (χ3n) is 2.44. The van der Waals surface area contributed by atoms with Crippen LogP contribution in [-0.4, -0.2) is 20.1 Å². The maximum Gasteiger partial charge on any atom is 0.258 e. The van der Waals surface area contributed by atoms with E-state index in [2.05, 4.69) is 9.98 Å². The first-order valence-electron chi connectivity index (χ1n) is 6.21. The second-order valence-corrected chi connectivity index (χ2v) is 7.32. The highest BCUT2D eigenvalue weighted by atomic mass is 32.2. The van der Waals surface area contributed by atoms with Gasteiger partial charge in [0.2, 0.25) is 0 Å². The Balaban J connectivity index is 2.19. The molecule has 0 spiro atoms. The summed E-state index contributed by atoms with van der Waals surface area (Å²) in [4.78, 5) is 21.6. The number of rotatable bonds is 2. The molecule has 0 atom stereocenters. The van der Waals surface area contributed by atoms with Crippen molar-refractivity contribution in [3.05, 3.63) is 33.2 Å². The van der Waals surface area contributed by atoms with Crippen LogP contribution in [0.25, 0.3) is 4.96 Å². The van der Waals surface area contributed by atoms with E-state index < -0.39 is 0 Å². The molecule has 7 heteroatoms. The third-order valence-corrected chi connectivity index (χ3v) is 4.21. The Kier molecular flexibility index (Phi) is 4.19. The standard InChI is InChI=1S/C13H18N4OS2/c1-8-6-20-12-15-9(5-10(18)17(8)12)7-19-11(14)16-13(2,3)4/h5-6H,7H2,1-4H3,(H2,14,16). The quantitative estimate of drug-likeness (QED) is 0.683. The molecule has 2 rings (SSSR count). The molecule has 0 bridgehead atoms. The Labute approximate surface area is 125 Å². The highest BCUT2D eigenvalue weighted by Gasteiger charge is 2.10. The summed E-state index contributed by atoms with van der Waals surface area (Å²) >= 11 is 2.87. The summed E-state index contributed by atoms with van der Waals surface area (Å²) in [5.41, 5.74) is 7.27. The Morgan fingerprint density at radius 1 is 1.55 bits per heavy atom. The number of aromatic nitrogens is 2. The number of nitrogens with zero attached hydrogens (tertiary/aromatic N) is 3. The van der Waals surface area contributed by atoms with Gasteiger partial charge < -0.3 is 5.73 Å². The monoisotopic (exact) mass is 310 g/mol. The largest absolute Gasteiger partial charge is 0.379 e. The number of amidine groups is 1. The van der Waals surface area contributed by atoms with Gasteiger partial charge in [0.1, 0.15) is 0 Å². The minimum Gasteiger partial charge on any atom is -0.379 e. The van der Waals surface area contributed by atoms with E-state index in [-0.39, 0.29) is 11.1 Å². The number of fused-ring (bicyclic) bond motifs is 1. The van der Waals surface area contributed by atoms with Gasteiger partial charge in [-0.3, -0.25) is 14.2 Å². The molecule has 0 fully saturated rings. The van der Waals surface area contributed by atoms with Crippen molar-refractivity contribution in [3.63, 3.8) is 0 Å². The molecule has 5 nitrogen and oxygen atoms in total. The summed E-state index contributed by atoms with van der Waals surface area (Å²) in [7, 11) is 0. The summed E-state index contributed by atoms with van der Waals surface area (Å²) in [6, 6.07) is 1.56. The molecule has 2 N–H and O–H groups in total. The van der Waals surface area contributed by atoms with Crippen LogP contribution in [-0.2, 0) is 5.75 Å². The van der Waals surface area contributed by atoms with Crippen molar-refractivity contribution in [2.75, 3.05) is 0 Å². The number of aryl methyl sites for hydroxylation is 1. The Hall–Kier alpha value is -1.34. The van der Waals surface area contributed by atoms with Crippen molar-refractivity contribution in [1.29, 1.82) is 0 Å². The Morgan fingerprint density at radius 2 is 2.25 bits per heavy atom. The van der Waals surface area contributed by atoms with Crippen LogP contribution in [0.3, 0.4) is 0 Å². The summed E-state index contributed by atoms with van der Waals surface area (Å²) in [5, 5.41) is 2.44. The van der Waals surface area contributed by atoms with E-state index in [9.17, 15) is 4.79 Å². The molecule has 0 amide bonds. The zero-order valence-electron chi connectivity index (χ0n) is 12.0. The predicted octanol–water partition coefficient (Wildman–Crippen LogP) is 2.41. The van der Waals surface area contributed by atoms with Crippen molar-refractivity contribution in [2.24, 2.45) is 10.7 Å². The maximum absolute atomic E-state index is 12.0. The summed E-state index contributed by atoms with van der Waals surface area (Å²) in [6.45, 7) is 7.87. The first kappa shape index (κ1) is 15.1. The fourth-order valence-electron chi connectivity index (χ4n) is 1.69. The van der Waals surface area contributed by atoms with Gasteiger partial charge >= 0.3 is 0 Å². The molecule has 0 saturated carbocycles. The maximum atomic E-state index is 12.0. The molecule has 0 aliphatic carbocycles. The van der Waals surface area contributed by atoms with Crippen LogP contribution in [0.1, 0.15) is 32.2 Å². The van der Waals surface area contributed by atoms with Crippen molar-refractivity contribution in [1.82, 2.24) is 9.38 Å². The smallest absolute Gasteiger partial charge is 0.258 e. The highest BCUT2D eigenvalue weighted by Crippen LogP contribution is 2.16. The van der Waals surface area contributed by atoms with E-state index in [0.29, 0.717) is 10.9 Å². The molecule has 2 aromatic rings. The van der Waals surface area contributed by atoms with Crippen molar-refractivity contribution < 1.29 is 0 Å². The molecule has 108 valence electrons. The van der Waals surface area contributed by atoms with Crippen LogP contribution in [0.15, 0.2) is 21.2 Å². The van der Waals surface area contributed by atoms with Crippen LogP contribution in [0.5, 0.6) is 0 Å². The van der Waals surface area contributed by atoms with E-state index in [1.807, 2.05) is 33.1 Å². The average molecular weight is 310 g/mol. The number of hydrogen-bond donors (Lipinski definition) is 1. The van der Waals surface area contributed by atoms with Crippen LogP contribution >= 0.6 is 23.1 Å². The number of hydrogen-bond acceptors (Lipinski definition) is 5. The van der Waals surface area contributed by atoms with Gasteiger partial charge in [-0.15, -0.1) is 11.3 Å². The minimum absolute atomic E-state index is 0.0457. The van der Waals surface area contributed by atoms with Gasteiger partial charge in [-0.2, -0.15) is 0 Å². The SMILES string of the molecule is Cc1csc2nc(CSC(N)=NC(C)(C)C)cc(=O)n12. The molecule has 0 unspecified atom stereocenters. The molecule has 0 aliphatic heterocycles. The van der Waals surface area contributed by atoms with E-state index >= 15 is 0 Å². The topological polar surface area (TPSA) is 72.8 Å². The lowest BCUT2D eigenvalue weighted by atomic mass is 10.1. The zero-order valence-corrected chi connectivity index (χ0v) is 13.6.